The molecule has 0 amide bonds. The molecule has 0 aromatic carbocycles. The Bertz CT molecular complexity index is 1060. The normalized spacial score (nSPS) is 15.7. The second kappa shape index (κ2) is 35.6. The number of rotatable bonds is 36. The average molecular weight is 773 g/mol. The molecule has 0 aliphatic carbocycles. The first-order valence-corrected chi connectivity index (χ1v) is 21.6. The van der Waals surface area contributed by atoms with Gasteiger partial charge in [-0.2, -0.15) is 0 Å². The topological polar surface area (TPSA) is 169 Å². The van der Waals surface area contributed by atoms with Gasteiger partial charge in [-0.3, -0.25) is 18.6 Å². The maximum absolute atomic E-state index is 12.6. The van der Waals surface area contributed by atoms with Crippen LogP contribution in [0, 0.1) is 5.92 Å². The predicted molar refractivity (Wildman–Crippen MR) is 211 cm³/mol. The van der Waals surface area contributed by atoms with E-state index in [1.54, 1.807) is 12.2 Å². The molecular weight excluding hydrogens is 699 g/mol. The number of esters is 2. The first-order chi connectivity index (χ1) is 25.5. The Morgan fingerprint density at radius 3 is 2.00 bits per heavy atom. The van der Waals surface area contributed by atoms with Gasteiger partial charge in [0.2, 0.25) is 0 Å². The number of allylic oxidation sites excluding steroid dienone is 7. The van der Waals surface area contributed by atoms with E-state index in [0.717, 1.165) is 44.4 Å². The van der Waals surface area contributed by atoms with Gasteiger partial charge >= 0.3 is 19.8 Å². The van der Waals surface area contributed by atoms with Crippen molar-refractivity contribution >= 4 is 19.8 Å². The van der Waals surface area contributed by atoms with E-state index in [4.69, 9.17) is 19.1 Å². The summed E-state index contributed by atoms with van der Waals surface area (Å²) in [5.74, 6) is -0.337. The summed E-state index contributed by atoms with van der Waals surface area (Å²) in [5.41, 5.74) is 0. The fourth-order valence-electron chi connectivity index (χ4n) is 5.07. The molecule has 53 heavy (non-hydrogen) atoms. The number of hydrogen-bond donors (Lipinski definition) is 4. The third-order valence-electron chi connectivity index (χ3n) is 8.63. The molecule has 0 aromatic rings. The molecule has 0 aliphatic heterocycles. The van der Waals surface area contributed by atoms with Gasteiger partial charge in [0.1, 0.15) is 12.7 Å². The number of unbranched alkanes of at least 4 members (excludes halogenated alkanes) is 10. The van der Waals surface area contributed by atoms with E-state index >= 15 is 0 Å². The number of carbonyl (C=O) groups excluding carboxylic acids is 2. The number of aliphatic hydroxyl groups excluding tert-OH is 3. The number of hydrogen-bond acceptors (Lipinski definition) is 10. The van der Waals surface area contributed by atoms with Crippen LogP contribution >= 0.6 is 7.82 Å². The minimum absolute atomic E-state index is 0.0125. The highest BCUT2D eigenvalue weighted by atomic mass is 31.2. The van der Waals surface area contributed by atoms with Gasteiger partial charge in [0.15, 0.2) is 6.10 Å². The summed E-state index contributed by atoms with van der Waals surface area (Å²) < 4.78 is 32.5. The molecule has 12 heteroatoms. The molecule has 2 unspecified atom stereocenters. The van der Waals surface area contributed by atoms with E-state index in [2.05, 4.69) is 49.6 Å². The molecule has 0 spiro atoms. The van der Waals surface area contributed by atoms with Crippen LogP contribution in [-0.2, 0) is 32.7 Å². The van der Waals surface area contributed by atoms with Crippen molar-refractivity contribution in [2.75, 3.05) is 26.4 Å². The van der Waals surface area contributed by atoms with Crippen LogP contribution in [0.2, 0.25) is 0 Å². The molecule has 0 heterocycles. The summed E-state index contributed by atoms with van der Waals surface area (Å²) in [4.78, 5) is 34.9. The lowest BCUT2D eigenvalue weighted by Gasteiger charge is -2.20. The standard InChI is InChI=1S/C41H73O11P/c1-4-6-7-8-9-10-11-12-13-14-18-21-24-28-37(43)29-26-31-40(45)49-34-39(35-51-53(47,48)50-33-38(44)32-42)52-41(46)30-25-22-19-16-15-17-20-23-27-36(3)5-2/h9-10,12-13,18,21,24,28,36-39,42-44H,4-8,11,14-17,19-20,22-23,25-27,29-35H2,1-3H3,(H,47,48)/b10-9-,13-12-,21-18-,28-24+/t36?,37-,38+,39-/m1/s1. The average Bonchev–Trinajstić information content (AvgIpc) is 3.14. The second-order valence-electron chi connectivity index (χ2n) is 13.8. The summed E-state index contributed by atoms with van der Waals surface area (Å²) in [5, 5.41) is 28.5. The van der Waals surface area contributed by atoms with Gasteiger partial charge in [0, 0.05) is 12.8 Å². The third kappa shape index (κ3) is 35.4. The van der Waals surface area contributed by atoms with Crippen molar-refractivity contribution in [2.45, 2.75) is 167 Å². The highest BCUT2D eigenvalue weighted by Crippen LogP contribution is 2.43. The molecule has 5 atom stereocenters. The van der Waals surface area contributed by atoms with Crippen LogP contribution in [0.25, 0.3) is 0 Å². The summed E-state index contributed by atoms with van der Waals surface area (Å²) in [6, 6.07) is 0. The summed E-state index contributed by atoms with van der Waals surface area (Å²) in [6.07, 6.45) is 31.2. The summed E-state index contributed by atoms with van der Waals surface area (Å²) in [6.45, 7) is 4.41. The lowest BCUT2D eigenvalue weighted by atomic mass is 9.99. The van der Waals surface area contributed by atoms with Crippen molar-refractivity contribution in [1.29, 1.82) is 0 Å². The van der Waals surface area contributed by atoms with E-state index in [1.807, 2.05) is 12.2 Å². The molecule has 0 fully saturated rings. The van der Waals surface area contributed by atoms with Crippen molar-refractivity contribution in [3.05, 3.63) is 48.6 Å². The summed E-state index contributed by atoms with van der Waals surface area (Å²) >= 11 is 0. The first kappa shape index (κ1) is 50.9. The zero-order valence-corrected chi connectivity index (χ0v) is 33.9. The molecule has 0 aromatic heterocycles. The number of phosphoric acid groups is 1. The van der Waals surface area contributed by atoms with E-state index in [1.165, 1.54) is 57.8 Å². The van der Waals surface area contributed by atoms with Crippen LogP contribution in [0.4, 0.5) is 0 Å². The second-order valence-corrected chi connectivity index (χ2v) is 15.2. The molecule has 4 N–H and O–H groups in total. The van der Waals surface area contributed by atoms with Gasteiger partial charge in [-0.25, -0.2) is 4.57 Å². The van der Waals surface area contributed by atoms with E-state index in [9.17, 15) is 29.3 Å². The quantitative estimate of drug-likeness (QED) is 0.0158. The minimum Gasteiger partial charge on any atom is -0.462 e. The van der Waals surface area contributed by atoms with Gasteiger partial charge < -0.3 is 29.7 Å². The van der Waals surface area contributed by atoms with Gasteiger partial charge in [-0.05, 0) is 50.9 Å². The zero-order chi connectivity index (χ0) is 39.4. The number of ether oxygens (including phenoxy) is 2. The molecule has 0 rings (SSSR count). The predicted octanol–water partition coefficient (Wildman–Crippen LogP) is 8.99. The Morgan fingerprint density at radius 2 is 1.32 bits per heavy atom. The Kier molecular flexibility index (Phi) is 34.2. The zero-order valence-electron chi connectivity index (χ0n) is 33.0. The maximum Gasteiger partial charge on any atom is 0.472 e. The van der Waals surface area contributed by atoms with Crippen LogP contribution in [0.15, 0.2) is 48.6 Å². The van der Waals surface area contributed by atoms with E-state index in [-0.39, 0.29) is 12.8 Å². The van der Waals surface area contributed by atoms with Crippen LogP contribution < -0.4 is 0 Å². The van der Waals surface area contributed by atoms with Gasteiger partial charge in [-0.15, -0.1) is 0 Å². The molecule has 0 radical (unpaired) electrons. The molecular formula is C41H73O11P. The third-order valence-corrected chi connectivity index (χ3v) is 9.58. The van der Waals surface area contributed by atoms with Crippen LogP contribution in [0.5, 0.6) is 0 Å². The van der Waals surface area contributed by atoms with Gasteiger partial charge in [-0.1, -0.05) is 140 Å². The Labute approximate surface area is 320 Å². The van der Waals surface area contributed by atoms with Crippen molar-refractivity contribution in [1.82, 2.24) is 0 Å². The molecule has 0 saturated carbocycles. The smallest absolute Gasteiger partial charge is 0.462 e. The highest BCUT2D eigenvalue weighted by molar-refractivity contribution is 7.47. The molecule has 0 saturated heterocycles. The lowest BCUT2D eigenvalue weighted by molar-refractivity contribution is -0.161. The fraction of sp³-hybridized carbons (Fsp3) is 0.756. The van der Waals surface area contributed by atoms with E-state index < -0.39 is 64.5 Å². The largest absolute Gasteiger partial charge is 0.472 e. The first-order valence-electron chi connectivity index (χ1n) is 20.1. The maximum atomic E-state index is 12.6. The van der Waals surface area contributed by atoms with E-state index in [0.29, 0.717) is 19.3 Å². The number of aliphatic hydroxyl groups is 3. The summed E-state index contributed by atoms with van der Waals surface area (Å²) in [7, 11) is -4.66. The molecule has 11 nitrogen and oxygen atoms in total. The number of phosphoric ester groups is 1. The fourth-order valence-corrected chi connectivity index (χ4v) is 5.86. The van der Waals surface area contributed by atoms with Crippen molar-refractivity contribution in [2.24, 2.45) is 5.92 Å². The van der Waals surface area contributed by atoms with Gasteiger partial charge in [0.25, 0.3) is 0 Å². The van der Waals surface area contributed by atoms with Crippen molar-refractivity contribution in [3.8, 4) is 0 Å². The van der Waals surface area contributed by atoms with Crippen molar-refractivity contribution < 1.29 is 52.9 Å². The SMILES string of the molecule is CCCCC/C=C\C/C=C\C/C=C\C=C\[C@@H](O)CCCC(=O)OC[C@H](COP(=O)(O)OC[C@@H](O)CO)OC(=O)CCCCCCCCCCC(C)CC. The molecule has 0 bridgehead atoms. The Hall–Kier alpha value is -2.11. The monoisotopic (exact) mass is 772 g/mol. The number of carbonyl (C=O) groups is 2. The van der Waals surface area contributed by atoms with Crippen LogP contribution in [-0.4, -0.2) is 76.9 Å². The van der Waals surface area contributed by atoms with Crippen LogP contribution in [0.1, 0.15) is 149 Å². The Morgan fingerprint density at radius 1 is 0.698 bits per heavy atom. The lowest BCUT2D eigenvalue weighted by Crippen LogP contribution is -2.30. The highest BCUT2D eigenvalue weighted by Gasteiger charge is 2.27. The minimum atomic E-state index is -4.66. The van der Waals surface area contributed by atoms with Crippen LogP contribution in [0.3, 0.4) is 0 Å². The Balaban J connectivity index is 4.56. The van der Waals surface area contributed by atoms with Gasteiger partial charge in [0.05, 0.1) is 25.9 Å². The van der Waals surface area contributed by atoms with Crippen molar-refractivity contribution in [3.63, 3.8) is 0 Å². The molecule has 308 valence electrons. The molecule has 0 aliphatic rings.